The van der Waals surface area contributed by atoms with Crippen LogP contribution >= 0.6 is 0 Å². The Bertz CT molecular complexity index is 434. The average Bonchev–Trinajstić information content (AvgIpc) is 2.23. The summed E-state index contributed by atoms with van der Waals surface area (Å²) in [4.78, 5) is 20.5. The van der Waals surface area contributed by atoms with E-state index in [2.05, 4.69) is 5.32 Å². The summed E-state index contributed by atoms with van der Waals surface area (Å²) in [6.45, 7) is 0.556. The van der Waals surface area contributed by atoms with Gasteiger partial charge in [0.1, 0.15) is 5.69 Å². The molecule has 0 fully saturated rings. The number of nitrogen functional groups attached to an aromatic ring is 1. The Balaban J connectivity index is 2.53. The molecular weight excluding hydrogens is 224 g/mol. The van der Waals surface area contributed by atoms with Crippen molar-refractivity contribution < 1.29 is 9.72 Å². The number of nitrogens with one attached hydrogen (secondary N) is 1. The number of primary amides is 1. The molecule has 0 heterocycles. The van der Waals surface area contributed by atoms with Crippen LogP contribution in [-0.4, -0.2) is 17.4 Å². The van der Waals surface area contributed by atoms with Gasteiger partial charge in [-0.05, 0) is 18.6 Å². The number of carbonyl (C=O) groups excluding carboxylic acids is 1. The minimum atomic E-state index is -0.536. The van der Waals surface area contributed by atoms with Gasteiger partial charge in [-0.25, -0.2) is 0 Å². The third kappa shape index (κ3) is 3.98. The van der Waals surface area contributed by atoms with Crippen LogP contribution in [0.2, 0.25) is 0 Å². The summed E-state index contributed by atoms with van der Waals surface area (Å²) in [7, 11) is 0. The summed E-state index contributed by atoms with van der Waals surface area (Å²) < 4.78 is 0. The Hall–Kier alpha value is -2.31. The fraction of sp³-hybridized carbons (Fsp3) is 0.300. The molecule has 1 aromatic carbocycles. The molecule has 5 N–H and O–H groups in total. The van der Waals surface area contributed by atoms with Crippen LogP contribution in [0.3, 0.4) is 0 Å². The predicted octanol–water partition coefficient (Wildman–Crippen LogP) is 0.854. The lowest BCUT2D eigenvalue weighted by Gasteiger charge is -2.06. The van der Waals surface area contributed by atoms with Crippen LogP contribution in [0.5, 0.6) is 0 Å². The smallest absolute Gasteiger partial charge is 0.292 e. The molecular formula is C10H14N4O3. The topological polar surface area (TPSA) is 124 Å². The number of nitrogens with two attached hydrogens (primary N) is 2. The average molecular weight is 238 g/mol. The van der Waals surface area contributed by atoms with Gasteiger partial charge < -0.3 is 16.8 Å². The highest BCUT2D eigenvalue weighted by molar-refractivity contribution is 5.73. The van der Waals surface area contributed by atoms with Crippen molar-refractivity contribution in [2.45, 2.75) is 12.8 Å². The zero-order valence-electron chi connectivity index (χ0n) is 9.18. The molecule has 0 aliphatic rings. The molecule has 0 aliphatic carbocycles. The van der Waals surface area contributed by atoms with Crippen LogP contribution in [0, 0.1) is 10.1 Å². The van der Waals surface area contributed by atoms with Crippen LogP contribution in [-0.2, 0) is 4.79 Å². The minimum absolute atomic E-state index is 0.106. The number of rotatable bonds is 6. The number of hydrogen-bond acceptors (Lipinski definition) is 5. The molecule has 0 saturated carbocycles. The lowest BCUT2D eigenvalue weighted by atomic mass is 10.2. The number of nitro groups is 1. The van der Waals surface area contributed by atoms with Gasteiger partial charge in [-0.15, -0.1) is 0 Å². The highest BCUT2D eigenvalue weighted by Crippen LogP contribution is 2.24. The van der Waals surface area contributed by atoms with Crippen molar-refractivity contribution in [2.75, 3.05) is 17.6 Å². The summed E-state index contributed by atoms with van der Waals surface area (Å²) in [5.74, 6) is -0.352. The maximum absolute atomic E-state index is 10.5. The zero-order chi connectivity index (χ0) is 12.8. The fourth-order valence-corrected chi connectivity index (χ4v) is 1.33. The van der Waals surface area contributed by atoms with Crippen molar-refractivity contribution in [1.82, 2.24) is 0 Å². The molecule has 0 bridgehead atoms. The Morgan fingerprint density at radius 1 is 1.47 bits per heavy atom. The number of anilines is 2. The molecule has 7 nitrogen and oxygen atoms in total. The van der Waals surface area contributed by atoms with Crippen molar-refractivity contribution in [3.8, 4) is 0 Å². The third-order valence-electron chi connectivity index (χ3n) is 2.15. The number of nitrogens with zero attached hydrogens (tertiary/aromatic N) is 1. The van der Waals surface area contributed by atoms with E-state index in [-0.39, 0.29) is 17.3 Å². The second-order valence-electron chi connectivity index (χ2n) is 3.53. The Morgan fingerprint density at radius 3 is 2.71 bits per heavy atom. The van der Waals surface area contributed by atoms with Crippen LogP contribution in [0.15, 0.2) is 18.2 Å². The zero-order valence-corrected chi connectivity index (χ0v) is 9.18. The summed E-state index contributed by atoms with van der Waals surface area (Å²) in [5.41, 5.74) is 11.2. The molecule has 0 aliphatic heterocycles. The lowest BCUT2D eigenvalue weighted by molar-refractivity contribution is -0.383. The van der Waals surface area contributed by atoms with Crippen molar-refractivity contribution in [3.63, 3.8) is 0 Å². The van der Waals surface area contributed by atoms with E-state index < -0.39 is 4.92 Å². The predicted molar refractivity (Wildman–Crippen MR) is 64.4 cm³/mol. The molecule has 1 rings (SSSR count). The Labute approximate surface area is 97.9 Å². The van der Waals surface area contributed by atoms with Gasteiger partial charge in [-0.3, -0.25) is 14.9 Å². The first-order chi connectivity index (χ1) is 8.00. The molecule has 0 spiro atoms. The van der Waals surface area contributed by atoms with Gasteiger partial charge in [0.15, 0.2) is 0 Å². The van der Waals surface area contributed by atoms with Crippen molar-refractivity contribution in [3.05, 3.63) is 28.3 Å². The van der Waals surface area contributed by atoms with Gasteiger partial charge in [0.25, 0.3) is 5.69 Å². The summed E-state index contributed by atoms with van der Waals surface area (Å²) >= 11 is 0. The van der Waals surface area contributed by atoms with Crippen molar-refractivity contribution >= 4 is 23.0 Å². The molecule has 7 heteroatoms. The third-order valence-corrected chi connectivity index (χ3v) is 2.15. The number of carbonyl (C=O) groups is 1. The van der Waals surface area contributed by atoms with Gasteiger partial charge in [0.2, 0.25) is 5.91 Å². The van der Waals surface area contributed by atoms with Gasteiger partial charge in [-0.2, -0.15) is 0 Å². The van der Waals surface area contributed by atoms with E-state index in [1.54, 1.807) is 6.07 Å². The first kappa shape index (κ1) is 12.8. The standard InChI is InChI=1S/C10H14N4O3/c11-8-6-7(3-4-9(8)14(16)17)13-5-1-2-10(12)15/h3-4,6,13H,1-2,5,11H2,(H2,12,15). The summed E-state index contributed by atoms with van der Waals surface area (Å²) in [6.07, 6.45) is 0.904. The van der Waals surface area contributed by atoms with E-state index in [1.165, 1.54) is 12.1 Å². The Kier molecular flexibility index (Phi) is 4.27. The number of nitro benzene ring substituents is 1. The molecule has 0 unspecified atom stereocenters. The van der Waals surface area contributed by atoms with Gasteiger partial charge in [0.05, 0.1) is 4.92 Å². The van der Waals surface area contributed by atoms with Gasteiger partial charge >= 0.3 is 0 Å². The van der Waals surface area contributed by atoms with E-state index >= 15 is 0 Å². The van der Waals surface area contributed by atoms with E-state index in [0.29, 0.717) is 25.1 Å². The number of benzene rings is 1. The monoisotopic (exact) mass is 238 g/mol. The van der Waals surface area contributed by atoms with Crippen LogP contribution in [0.4, 0.5) is 17.1 Å². The molecule has 1 amide bonds. The first-order valence-electron chi connectivity index (χ1n) is 5.07. The molecule has 0 radical (unpaired) electrons. The minimum Gasteiger partial charge on any atom is -0.393 e. The molecule has 17 heavy (non-hydrogen) atoms. The van der Waals surface area contributed by atoms with E-state index in [4.69, 9.17) is 11.5 Å². The summed E-state index contributed by atoms with van der Waals surface area (Å²) in [6, 6.07) is 4.40. The molecule has 0 saturated heterocycles. The van der Waals surface area contributed by atoms with E-state index in [9.17, 15) is 14.9 Å². The fourth-order valence-electron chi connectivity index (χ4n) is 1.33. The second-order valence-corrected chi connectivity index (χ2v) is 3.53. The van der Waals surface area contributed by atoms with Crippen LogP contribution < -0.4 is 16.8 Å². The van der Waals surface area contributed by atoms with Gasteiger partial charge in [-0.1, -0.05) is 0 Å². The normalized spacial score (nSPS) is 9.88. The van der Waals surface area contributed by atoms with Crippen molar-refractivity contribution in [2.24, 2.45) is 5.73 Å². The quantitative estimate of drug-likeness (QED) is 0.293. The van der Waals surface area contributed by atoms with Crippen LogP contribution in [0.25, 0.3) is 0 Å². The first-order valence-corrected chi connectivity index (χ1v) is 5.07. The maximum Gasteiger partial charge on any atom is 0.292 e. The molecule has 1 aromatic rings. The number of hydrogen-bond donors (Lipinski definition) is 3. The van der Waals surface area contributed by atoms with E-state index in [0.717, 1.165) is 0 Å². The molecule has 92 valence electrons. The van der Waals surface area contributed by atoms with Crippen LogP contribution in [0.1, 0.15) is 12.8 Å². The van der Waals surface area contributed by atoms with Gasteiger partial charge in [0, 0.05) is 24.7 Å². The summed E-state index contributed by atoms with van der Waals surface area (Å²) in [5, 5.41) is 13.5. The molecule has 0 atom stereocenters. The highest BCUT2D eigenvalue weighted by Gasteiger charge is 2.10. The lowest BCUT2D eigenvalue weighted by Crippen LogP contribution is -2.12. The second kappa shape index (κ2) is 5.69. The highest BCUT2D eigenvalue weighted by atomic mass is 16.6. The number of amides is 1. The van der Waals surface area contributed by atoms with E-state index in [1.807, 2.05) is 0 Å². The largest absolute Gasteiger partial charge is 0.393 e. The SMILES string of the molecule is NC(=O)CCCNc1ccc([N+](=O)[O-])c(N)c1. The Morgan fingerprint density at radius 2 is 2.18 bits per heavy atom. The maximum atomic E-state index is 10.5. The van der Waals surface area contributed by atoms with Crippen molar-refractivity contribution in [1.29, 1.82) is 0 Å². The molecule has 0 aromatic heterocycles.